The highest BCUT2D eigenvalue weighted by molar-refractivity contribution is 8.26. The number of fused-ring (bicyclic) bond motifs is 1. The molecule has 5 rings (SSSR count). The normalized spacial score (nSPS) is 16.2. The highest BCUT2D eigenvalue weighted by Gasteiger charge is 2.42. The SMILES string of the molecule is COc1ccc(NC(=O)CN2C(=O)C(=C3SC(=S)N(CCc4ccc(OC)c(OC)c4)C3=O)c3ccccc32)cc1. The van der Waals surface area contributed by atoms with E-state index >= 15 is 0 Å². The summed E-state index contributed by atoms with van der Waals surface area (Å²) in [4.78, 5) is 43.4. The van der Waals surface area contributed by atoms with Crippen LogP contribution < -0.4 is 24.4 Å². The fourth-order valence-electron chi connectivity index (χ4n) is 4.69. The molecule has 3 aromatic carbocycles. The number of benzene rings is 3. The molecule has 0 spiro atoms. The molecule has 2 aliphatic rings. The highest BCUT2D eigenvalue weighted by Crippen LogP contribution is 2.44. The maximum absolute atomic E-state index is 13.7. The molecular formula is C30H27N3O6S2. The van der Waals surface area contributed by atoms with Gasteiger partial charge in [0.1, 0.15) is 16.6 Å². The fraction of sp³-hybridized carbons (Fsp3) is 0.200. The molecule has 0 bridgehead atoms. The third-order valence-electron chi connectivity index (χ3n) is 6.75. The second-order valence-corrected chi connectivity index (χ2v) is 10.8. The predicted molar refractivity (Wildman–Crippen MR) is 162 cm³/mol. The standard InChI is InChI=1S/C30H27N3O6S2/c1-37-20-11-9-19(10-12-20)31-25(34)17-33-22-7-5-4-6-21(22)26(28(33)35)27-29(36)32(30(40)41-27)15-14-18-8-13-23(38-2)24(16-18)39-3/h4-13,16H,14-15,17H2,1-3H3,(H,31,34). The summed E-state index contributed by atoms with van der Waals surface area (Å²) in [5.41, 5.74) is 2.93. The minimum atomic E-state index is -0.420. The van der Waals surface area contributed by atoms with Crippen molar-refractivity contribution >= 4 is 63.0 Å². The summed E-state index contributed by atoms with van der Waals surface area (Å²) >= 11 is 6.66. The summed E-state index contributed by atoms with van der Waals surface area (Å²) in [5, 5.41) is 2.80. The minimum absolute atomic E-state index is 0.217. The number of anilines is 2. The molecule has 0 radical (unpaired) electrons. The number of thiocarbonyl (C=S) groups is 1. The van der Waals surface area contributed by atoms with E-state index in [9.17, 15) is 14.4 Å². The second-order valence-electron chi connectivity index (χ2n) is 9.15. The van der Waals surface area contributed by atoms with E-state index in [0.717, 1.165) is 17.3 Å². The van der Waals surface area contributed by atoms with Gasteiger partial charge in [0.25, 0.3) is 11.8 Å². The van der Waals surface area contributed by atoms with Gasteiger partial charge in [-0.2, -0.15) is 0 Å². The van der Waals surface area contributed by atoms with Crippen LogP contribution in [0.15, 0.2) is 71.6 Å². The van der Waals surface area contributed by atoms with E-state index in [1.807, 2.05) is 18.2 Å². The van der Waals surface area contributed by atoms with Crippen LogP contribution in [0.3, 0.4) is 0 Å². The first-order chi connectivity index (χ1) is 19.8. The summed E-state index contributed by atoms with van der Waals surface area (Å²) in [6.45, 7) is 0.117. The van der Waals surface area contributed by atoms with E-state index in [4.69, 9.17) is 26.4 Å². The number of nitrogens with one attached hydrogen (secondary N) is 1. The van der Waals surface area contributed by atoms with Crippen molar-refractivity contribution in [3.8, 4) is 17.2 Å². The molecule has 0 aliphatic carbocycles. The topological polar surface area (TPSA) is 97.4 Å². The van der Waals surface area contributed by atoms with Gasteiger partial charge >= 0.3 is 0 Å². The lowest BCUT2D eigenvalue weighted by molar-refractivity contribution is -0.122. The van der Waals surface area contributed by atoms with Gasteiger partial charge in [0.05, 0.1) is 37.5 Å². The Kier molecular flexibility index (Phi) is 8.27. The number of carbonyl (C=O) groups is 3. The third kappa shape index (κ3) is 5.63. The van der Waals surface area contributed by atoms with Crippen LogP contribution in [0.2, 0.25) is 0 Å². The van der Waals surface area contributed by atoms with E-state index in [-0.39, 0.29) is 28.8 Å². The molecule has 3 amide bonds. The first-order valence-corrected chi connectivity index (χ1v) is 13.9. The average Bonchev–Trinajstić information content (AvgIpc) is 3.42. The minimum Gasteiger partial charge on any atom is -0.497 e. The zero-order chi connectivity index (χ0) is 29.1. The lowest BCUT2D eigenvalue weighted by atomic mass is 10.1. The number of amides is 3. The van der Waals surface area contributed by atoms with Gasteiger partial charge in [-0.05, 0) is 54.4 Å². The van der Waals surface area contributed by atoms with Crippen molar-refractivity contribution in [1.29, 1.82) is 0 Å². The molecule has 210 valence electrons. The largest absolute Gasteiger partial charge is 0.497 e. The van der Waals surface area contributed by atoms with Crippen molar-refractivity contribution in [2.75, 3.05) is 44.6 Å². The number of methoxy groups -OCH3 is 3. The molecule has 11 heteroatoms. The summed E-state index contributed by atoms with van der Waals surface area (Å²) in [6.07, 6.45) is 0.525. The summed E-state index contributed by atoms with van der Waals surface area (Å²) < 4.78 is 16.2. The van der Waals surface area contributed by atoms with Crippen molar-refractivity contribution in [2.24, 2.45) is 0 Å². The lowest BCUT2D eigenvalue weighted by Gasteiger charge is -2.17. The number of thioether (sulfide) groups is 1. The van der Waals surface area contributed by atoms with Crippen LogP contribution in [0.25, 0.3) is 5.57 Å². The molecule has 9 nitrogen and oxygen atoms in total. The van der Waals surface area contributed by atoms with Crippen LogP contribution >= 0.6 is 24.0 Å². The fourth-order valence-corrected chi connectivity index (χ4v) is 6.07. The summed E-state index contributed by atoms with van der Waals surface area (Å²) in [6, 6.07) is 19.6. The zero-order valence-electron chi connectivity index (χ0n) is 22.6. The maximum atomic E-state index is 13.7. The van der Waals surface area contributed by atoms with Crippen molar-refractivity contribution < 1.29 is 28.6 Å². The monoisotopic (exact) mass is 589 g/mol. The number of para-hydroxylation sites is 1. The maximum Gasteiger partial charge on any atom is 0.267 e. The van der Waals surface area contributed by atoms with Gasteiger partial charge in [0, 0.05) is 17.8 Å². The van der Waals surface area contributed by atoms with E-state index in [1.54, 1.807) is 69.9 Å². The number of ether oxygens (including phenoxy) is 3. The summed E-state index contributed by atoms with van der Waals surface area (Å²) in [5.74, 6) is 0.757. The molecule has 2 heterocycles. The van der Waals surface area contributed by atoms with Crippen LogP contribution in [0, 0.1) is 0 Å². The Hall–Kier alpha value is -4.35. The van der Waals surface area contributed by atoms with Crippen molar-refractivity contribution in [2.45, 2.75) is 6.42 Å². The van der Waals surface area contributed by atoms with E-state index in [2.05, 4.69) is 5.32 Å². The number of hydrogen-bond acceptors (Lipinski definition) is 8. The molecule has 41 heavy (non-hydrogen) atoms. The Morgan fingerprint density at radius 3 is 2.32 bits per heavy atom. The molecule has 0 aromatic heterocycles. The highest BCUT2D eigenvalue weighted by atomic mass is 32.2. The smallest absolute Gasteiger partial charge is 0.267 e. The first-order valence-electron chi connectivity index (χ1n) is 12.7. The number of carbonyl (C=O) groups excluding carboxylic acids is 3. The van der Waals surface area contributed by atoms with E-state index in [1.165, 1.54) is 9.80 Å². The first kappa shape index (κ1) is 28.2. The Morgan fingerprint density at radius 2 is 1.61 bits per heavy atom. The van der Waals surface area contributed by atoms with Gasteiger partial charge in [-0.1, -0.05) is 48.2 Å². The van der Waals surface area contributed by atoms with Crippen molar-refractivity contribution in [3.05, 3.63) is 82.8 Å². The molecular weight excluding hydrogens is 562 g/mol. The number of rotatable bonds is 9. The van der Waals surface area contributed by atoms with Gasteiger partial charge in [-0.3, -0.25) is 24.2 Å². The van der Waals surface area contributed by atoms with Gasteiger partial charge in [-0.25, -0.2) is 0 Å². The molecule has 0 atom stereocenters. The van der Waals surface area contributed by atoms with E-state index in [0.29, 0.717) is 51.5 Å². The zero-order valence-corrected chi connectivity index (χ0v) is 24.3. The average molecular weight is 590 g/mol. The third-order valence-corrected chi connectivity index (χ3v) is 8.20. The van der Waals surface area contributed by atoms with Gasteiger partial charge in [0.15, 0.2) is 11.5 Å². The second kappa shape index (κ2) is 12.0. The number of nitrogens with zero attached hydrogens (tertiary/aromatic N) is 2. The molecule has 1 N–H and O–H groups in total. The Labute approximate surface area is 247 Å². The molecule has 0 saturated carbocycles. The van der Waals surface area contributed by atoms with Crippen molar-refractivity contribution in [1.82, 2.24) is 4.90 Å². The van der Waals surface area contributed by atoms with Crippen LogP contribution in [0.1, 0.15) is 11.1 Å². The Bertz CT molecular complexity index is 1570. The van der Waals surface area contributed by atoms with Crippen LogP contribution in [0.5, 0.6) is 17.2 Å². The molecule has 0 unspecified atom stereocenters. The van der Waals surface area contributed by atoms with Gasteiger partial charge < -0.3 is 19.5 Å². The summed E-state index contributed by atoms with van der Waals surface area (Å²) in [7, 11) is 4.70. The van der Waals surface area contributed by atoms with Crippen LogP contribution in [-0.4, -0.2) is 61.4 Å². The Balaban J connectivity index is 1.35. The molecule has 1 fully saturated rings. The quantitative estimate of drug-likeness (QED) is 0.288. The predicted octanol–water partition coefficient (Wildman–Crippen LogP) is 4.51. The molecule has 2 aliphatic heterocycles. The van der Waals surface area contributed by atoms with Crippen LogP contribution in [-0.2, 0) is 20.8 Å². The molecule has 3 aromatic rings. The van der Waals surface area contributed by atoms with E-state index < -0.39 is 5.91 Å². The molecule has 1 saturated heterocycles. The van der Waals surface area contributed by atoms with Gasteiger partial charge in [-0.15, -0.1) is 0 Å². The van der Waals surface area contributed by atoms with Crippen molar-refractivity contribution in [3.63, 3.8) is 0 Å². The lowest BCUT2D eigenvalue weighted by Crippen LogP contribution is -2.35. The Morgan fingerprint density at radius 1 is 0.878 bits per heavy atom. The van der Waals surface area contributed by atoms with Crippen LogP contribution in [0.4, 0.5) is 11.4 Å². The van der Waals surface area contributed by atoms with Gasteiger partial charge in [0.2, 0.25) is 5.91 Å². The number of hydrogen-bond donors (Lipinski definition) is 1.